The number of carbonyl (C=O) groups is 2. The van der Waals surface area contributed by atoms with Gasteiger partial charge in [-0.05, 0) is 44.4 Å². The maximum absolute atomic E-state index is 12.4. The summed E-state index contributed by atoms with van der Waals surface area (Å²) in [6.07, 6.45) is 4.46. The molecule has 37 heavy (non-hydrogen) atoms. The summed E-state index contributed by atoms with van der Waals surface area (Å²) in [5, 5.41) is 12.6. The number of aryl methyl sites for hydroxylation is 1. The van der Waals surface area contributed by atoms with Gasteiger partial charge in [-0.2, -0.15) is 4.98 Å². The Morgan fingerprint density at radius 3 is 2.57 bits per heavy atom. The van der Waals surface area contributed by atoms with Gasteiger partial charge in [0.2, 0.25) is 5.95 Å². The lowest BCUT2D eigenvalue weighted by molar-refractivity contribution is 0.0957. The highest BCUT2D eigenvalue weighted by atomic mass is 35.5. The molecule has 1 aromatic carbocycles. The van der Waals surface area contributed by atoms with Crippen molar-refractivity contribution in [3.63, 3.8) is 0 Å². The van der Waals surface area contributed by atoms with Gasteiger partial charge in [0, 0.05) is 49.3 Å². The molecule has 3 aromatic rings. The fraction of sp³-hybridized carbons (Fsp3) is 0.333. The van der Waals surface area contributed by atoms with Crippen LogP contribution in [0.4, 0.5) is 27.9 Å². The van der Waals surface area contributed by atoms with Crippen LogP contribution in [-0.2, 0) is 0 Å². The molecule has 3 amide bonds. The summed E-state index contributed by atoms with van der Waals surface area (Å²) in [6, 6.07) is 7.33. The van der Waals surface area contributed by atoms with Gasteiger partial charge < -0.3 is 26.2 Å². The summed E-state index contributed by atoms with van der Waals surface area (Å²) < 4.78 is 0.292. The van der Waals surface area contributed by atoms with Crippen molar-refractivity contribution in [2.45, 2.75) is 26.2 Å². The van der Waals surface area contributed by atoms with Crippen molar-refractivity contribution in [1.82, 2.24) is 20.2 Å². The lowest BCUT2D eigenvalue weighted by atomic mass is 10.3. The van der Waals surface area contributed by atoms with Gasteiger partial charge in [-0.25, -0.2) is 9.78 Å². The van der Waals surface area contributed by atoms with Crippen molar-refractivity contribution in [3.8, 4) is 0 Å². The number of hydrogen-bond acceptors (Lipinski definition) is 7. The number of amides is 3. The lowest BCUT2D eigenvalue weighted by Crippen LogP contribution is -2.32. The summed E-state index contributed by atoms with van der Waals surface area (Å²) in [5.74, 6) is 0.792. The van der Waals surface area contributed by atoms with Gasteiger partial charge in [0.25, 0.3) is 5.91 Å². The molecule has 1 fully saturated rings. The first-order chi connectivity index (χ1) is 17.8. The summed E-state index contributed by atoms with van der Waals surface area (Å²) in [7, 11) is 0. The Hall–Kier alpha value is -2.79. The second kappa shape index (κ2) is 12.6. The Balaban J connectivity index is 1.27. The topological polar surface area (TPSA) is 111 Å². The predicted molar refractivity (Wildman–Crippen MR) is 151 cm³/mol. The maximum atomic E-state index is 12.4. The molecule has 0 spiro atoms. The number of halogens is 3. The minimum absolute atomic E-state index is 0.0880. The van der Waals surface area contributed by atoms with E-state index in [2.05, 4.69) is 31.2 Å². The highest BCUT2D eigenvalue weighted by Gasteiger charge is 2.20. The minimum atomic E-state index is -0.313. The molecule has 0 aliphatic carbocycles. The van der Waals surface area contributed by atoms with Crippen molar-refractivity contribution in [2.24, 2.45) is 0 Å². The van der Waals surface area contributed by atoms with Gasteiger partial charge in [0.15, 0.2) is 0 Å². The largest absolute Gasteiger partial charge is 0.370 e. The highest BCUT2D eigenvalue weighted by Crippen LogP contribution is 2.40. The number of anilines is 4. The second-order valence-corrected chi connectivity index (χ2v) is 10.8. The minimum Gasteiger partial charge on any atom is -0.370 e. The molecule has 3 heterocycles. The standard InChI is InChI=1S/C24H26Cl3N7O2S/c1-14-13-30-23(31-15-6-4-7-16(12-15)32-24(36)34-10-2-3-11-34)33-21(14)28-8-5-9-29-22(35)19-17(25)18(26)20(27)37-19/h4,6-7,12-13H,2-3,5,8-11H2,1H3,(H,29,35)(H,32,36)(H2,28,30,31,33). The maximum Gasteiger partial charge on any atom is 0.321 e. The van der Waals surface area contributed by atoms with E-state index < -0.39 is 0 Å². The van der Waals surface area contributed by atoms with Crippen LogP contribution in [0.1, 0.15) is 34.5 Å². The third-order valence-corrected chi connectivity index (χ3v) is 8.20. The molecule has 1 aliphatic rings. The molecule has 196 valence electrons. The first-order valence-corrected chi connectivity index (χ1v) is 13.7. The Labute approximate surface area is 233 Å². The van der Waals surface area contributed by atoms with Crippen LogP contribution in [0, 0.1) is 6.92 Å². The van der Waals surface area contributed by atoms with Crippen LogP contribution in [0.5, 0.6) is 0 Å². The zero-order valence-corrected chi connectivity index (χ0v) is 23.1. The number of aromatic nitrogens is 2. The van der Waals surface area contributed by atoms with Gasteiger partial charge in [-0.3, -0.25) is 4.79 Å². The fourth-order valence-corrected chi connectivity index (χ4v) is 5.42. The van der Waals surface area contributed by atoms with Crippen molar-refractivity contribution in [2.75, 3.05) is 42.1 Å². The molecule has 0 unspecified atom stereocenters. The molecule has 0 radical (unpaired) electrons. The number of benzene rings is 1. The highest BCUT2D eigenvalue weighted by molar-refractivity contribution is 7.19. The Kier molecular flexibility index (Phi) is 9.31. The van der Waals surface area contributed by atoms with Crippen LogP contribution in [0.2, 0.25) is 14.4 Å². The van der Waals surface area contributed by atoms with E-state index in [9.17, 15) is 9.59 Å². The van der Waals surface area contributed by atoms with Crippen LogP contribution < -0.4 is 21.3 Å². The fourth-order valence-electron chi connectivity index (χ4n) is 3.70. The van der Waals surface area contributed by atoms with E-state index in [1.807, 2.05) is 36.1 Å². The van der Waals surface area contributed by atoms with Crippen LogP contribution in [0.25, 0.3) is 0 Å². The average Bonchev–Trinajstić information content (AvgIpc) is 3.51. The summed E-state index contributed by atoms with van der Waals surface area (Å²) in [5.41, 5.74) is 2.34. The molecule has 1 aliphatic heterocycles. The van der Waals surface area contributed by atoms with E-state index in [-0.39, 0.29) is 22.0 Å². The molecule has 4 N–H and O–H groups in total. The van der Waals surface area contributed by atoms with Crippen molar-refractivity contribution < 1.29 is 9.59 Å². The predicted octanol–water partition coefficient (Wildman–Crippen LogP) is 6.41. The number of nitrogens with zero attached hydrogens (tertiary/aromatic N) is 3. The summed E-state index contributed by atoms with van der Waals surface area (Å²) >= 11 is 19.0. The van der Waals surface area contributed by atoms with Gasteiger partial charge in [-0.1, -0.05) is 40.9 Å². The average molecular weight is 583 g/mol. The van der Waals surface area contributed by atoms with Crippen LogP contribution in [0.3, 0.4) is 0 Å². The first-order valence-electron chi connectivity index (χ1n) is 11.7. The molecule has 2 aromatic heterocycles. The number of rotatable bonds is 9. The number of likely N-dealkylation sites (tertiary alicyclic amines) is 1. The molecule has 13 heteroatoms. The Bertz CT molecular complexity index is 1280. The van der Waals surface area contributed by atoms with E-state index >= 15 is 0 Å². The molecule has 0 bridgehead atoms. The quantitative estimate of drug-likeness (QED) is 0.217. The molecular formula is C24H26Cl3N7O2S. The zero-order valence-electron chi connectivity index (χ0n) is 20.0. The monoisotopic (exact) mass is 581 g/mol. The molecule has 0 saturated carbocycles. The van der Waals surface area contributed by atoms with Crippen LogP contribution in [-0.4, -0.2) is 53.0 Å². The van der Waals surface area contributed by atoms with Gasteiger partial charge in [0.1, 0.15) is 15.0 Å². The number of carbonyl (C=O) groups excluding carboxylic acids is 2. The second-order valence-electron chi connectivity index (χ2n) is 8.42. The third-order valence-electron chi connectivity index (χ3n) is 5.63. The van der Waals surface area contributed by atoms with Crippen LogP contribution >= 0.6 is 46.1 Å². The van der Waals surface area contributed by atoms with Crippen molar-refractivity contribution in [1.29, 1.82) is 0 Å². The molecule has 1 saturated heterocycles. The Morgan fingerprint density at radius 2 is 1.84 bits per heavy atom. The molecule has 4 rings (SSSR count). The van der Waals surface area contributed by atoms with E-state index in [4.69, 9.17) is 34.8 Å². The number of hydrogen-bond donors (Lipinski definition) is 4. The van der Waals surface area contributed by atoms with Gasteiger partial charge in [0.05, 0.1) is 10.0 Å². The summed E-state index contributed by atoms with van der Waals surface area (Å²) in [4.78, 5) is 35.7. The van der Waals surface area contributed by atoms with E-state index in [0.29, 0.717) is 46.2 Å². The van der Waals surface area contributed by atoms with E-state index in [1.165, 1.54) is 0 Å². The zero-order chi connectivity index (χ0) is 26.4. The third kappa shape index (κ3) is 7.16. The van der Waals surface area contributed by atoms with Gasteiger partial charge in [-0.15, -0.1) is 11.3 Å². The normalized spacial score (nSPS) is 12.9. The smallest absolute Gasteiger partial charge is 0.321 e. The number of nitrogens with one attached hydrogen (secondary N) is 4. The van der Waals surface area contributed by atoms with Crippen molar-refractivity contribution >= 4 is 81.2 Å². The molecular weight excluding hydrogens is 557 g/mol. The molecule has 0 atom stereocenters. The van der Waals surface area contributed by atoms with Gasteiger partial charge >= 0.3 is 6.03 Å². The molecule has 9 nitrogen and oxygen atoms in total. The first kappa shape index (κ1) is 27.3. The van der Waals surface area contributed by atoms with Crippen molar-refractivity contribution in [3.05, 3.63) is 55.3 Å². The number of urea groups is 1. The number of thiophene rings is 1. The Morgan fingerprint density at radius 1 is 1.08 bits per heavy atom. The summed E-state index contributed by atoms with van der Waals surface area (Å²) in [6.45, 7) is 4.50. The SMILES string of the molecule is Cc1cnc(Nc2cccc(NC(=O)N3CCCC3)c2)nc1NCCCNC(=O)c1sc(Cl)c(Cl)c1Cl. The van der Waals surface area contributed by atoms with Crippen LogP contribution in [0.15, 0.2) is 30.5 Å². The van der Waals surface area contributed by atoms with E-state index in [1.54, 1.807) is 6.20 Å². The van der Waals surface area contributed by atoms with E-state index in [0.717, 1.165) is 48.5 Å². The lowest BCUT2D eigenvalue weighted by Gasteiger charge is -2.16.